The van der Waals surface area contributed by atoms with Crippen LogP contribution >= 0.6 is 0 Å². The predicted octanol–water partition coefficient (Wildman–Crippen LogP) is 12.4. The summed E-state index contributed by atoms with van der Waals surface area (Å²) in [5, 5.41) is 0. The highest BCUT2D eigenvalue weighted by molar-refractivity contribution is 5.96. The summed E-state index contributed by atoms with van der Waals surface area (Å²) in [5.74, 6) is 0. The number of hydrogen-bond acceptors (Lipinski definition) is 1. The van der Waals surface area contributed by atoms with Crippen LogP contribution in [0.1, 0.15) is 101 Å². The van der Waals surface area contributed by atoms with Crippen LogP contribution in [0.15, 0.2) is 103 Å². The second kappa shape index (κ2) is 10.5. The van der Waals surface area contributed by atoms with E-state index in [0.717, 1.165) is 6.42 Å². The van der Waals surface area contributed by atoms with E-state index < -0.39 is 0 Å². The van der Waals surface area contributed by atoms with Crippen LogP contribution in [0.5, 0.6) is 0 Å². The molecule has 0 aromatic heterocycles. The van der Waals surface area contributed by atoms with Crippen LogP contribution in [0.2, 0.25) is 0 Å². The van der Waals surface area contributed by atoms with Crippen molar-refractivity contribution >= 4 is 17.1 Å². The van der Waals surface area contributed by atoms with Crippen LogP contribution in [-0.2, 0) is 29.1 Å². The van der Waals surface area contributed by atoms with Gasteiger partial charge in [0.1, 0.15) is 0 Å². The third-order valence-electron chi connectivity index (χ3n) is 11.7. The van der Waals surface area contributed by atoms with Gasteiger partial charge in [-0.1, -0.05) is 114 Å². The highest BCUT2D eigenvalue weighted by Gasteiger charge is 2.41. The van der Waals surface area contributed by atoms with Crippen molar-refractivity contribution in [2.75, 3.05) is 4.90 Å². The van der Waals surface area contributed by atoms with Gasteiger partial charge in [-0.3, -0.25) is 0 Å². The molecule has 0 atom stereocenters. The molecule has 0 saturated heterocycles. The molecule has 0 saturated carbocycles. The highest BCUT2D eigenvalue weighted by Crippen LogP contribution is 2.56. The van der Waals surface area contributed by atoms with E-state index in [0.29, 0.717) is 0 Å². The fourth-order valence-electron chi connectivity index (χ4n) is 9.05. The van der Waals surface area contributed by atoms with Gasteiger partial charge in [0.15, 0.2) is 0 Å². The summed E-state index contributed by atoms with van der Waals surface area (Å²) in [5.41, 5.74) is 18.4. The molecule has 3 aliphatic rings. The van der Waals surface area contributed by atoms with Gasteiger partial charge in [0.2, 0.25) is 0 Å². The molecule has 0 fully saturated rings. The minimum atomic E-state index is -0.0882. The molecule has 0 N–H and O–H groups in total. The van der Waals surface area contributed by atoms with E-state index >= 15 is 0 Å². The molecule has 3 aliphatic carbocycles. The zero-order valence-electron chi connectivity index (χ0n) is 28.5. The maximum absolute atomic E-state index is 2.61. The third kappa shape index (κ3) is 4.42. The Labute approximate surface area is 276 Å². The van der Waals surface area contributed by atoms with Gasteiger partial charge in [-0.05, 0) is 130 Å². The summed E-state index contributed by atoms with van der Waals surface area (Å²) in [6.45, 7) is 14.7. The van der Waals surface area contributed by atoms with Crippen molar-refractivity contribution in [1.82, 2.24) is 0 Å². The molecular formula is C45H47N. The average molecular weight is 602 g/mol. The summed E-state index contributed by atoms with van der Waals surface area (Å²) in [6, 6.07) is 39.5. The summed E-state index contributed by atoms with van der Waals surface area (Å²) >= 11 is 0. The van der Waals surface area contributed by atoms with Crippen LogP contribution in [0.3, 0.4) is 0 Å². The van der Waals surface area contributed by atoms with Crippen LogP contribution in [-0.4, -0.2) is 0 Å². The molecule has 5 aromatic rings. The molecular weight excluding hydrogens is 555 g/mol. The lowest BCUT2D eigenvalue weighted by Crippen LogP contribution is -2.34. The van der Waals surface area contributed by atoms with Crippen molar-refractivity contribution in [1.29, 1.82) is 0 Å². The van der Waals surface area contributed by atoms with E-state index in [1.165, 1.54) is 105 Å². The lowest BCUT2D eigenvalue weighted by molar-refractivity contribution is 0.333. The minimum absolute atomic E-state index is 0.0817. The second-order valence-electron chi connectivity index (χ2n) is 15.9. The van der Waals surface area contributed by atoms with Crippen molar-refractivity contribution in [2.24, 2.45) is 0 Å². The van der Waals surface area contributed by atoms with Gasteiger partial charge in [0.25, 0.3) is 0 Å². The van der Waals surface area contributed by atoms with Crippen LogP contribution in [0.25, 0.3) is 22.3 Å². The fourth-order valence-corrected chi connectivity index (χ4v) is 9.05. The van der Waals surface area contributed by atoms with Crippen LogP contribution < -0.4 is 4.90 Å². The maximum Gasteiger partial charge on any atom is 0.0543 e. The smallest absolute Gasteiger partial charge is 0.0543 e. The van der Waals surface area contributed by atoms with Gasteiger partial charge in [0, 0.05) is 22.4 Å². The molecule has 0 unspecified atom stereocenters. The Morgan fingerprint density at radius 2 is 1.17 bits per heavy atom. The van der Waals surface area contributed by atoms with Gasteiger partial charge < -0.3 is 4.90 Å². The minimum Gasteiger partial charge on any atom is -0.310 e. The summed E-state index contributed by atoms with van der Waals surface area (Å²) < 4.78 is 0. The monoisotopic (exact) mass is 601 g/mol. The molecule has 8 rings (SSSR count). The fraction of sp³-hybridized carbons (Fsp3) is 0.333. The first-order chi connectivity index (χ1) is 22.1. The SMILES string of the molecule is CC1(C)CCC(C)(C)c2c(-c3cc4c(cc3N(c3ccccc3)c3cccc5c3CCCC5)C(C)(C)c3ccccc3-4)cccc21. The Hall–Kier alpha value is -4.10. The molecule has 1 heteroatoms. The number of para-hydroxylation sites is 1. The zero-order chi connectivity index (χ0) is 31.8. The van der Waals surface area contributed by atoms with E-state index in [4.69, 9.17) is 0 Å². The average Bonchev–Trinajstić information content (AvgIpc) is 3.29. The highest BCUT2D eigenvalue weighted by atomic mass is 15.1. The number of hydrogen-bond donors (Lipinski definition) is 0. The zero-order valence-corrected chi connectivity index (χ0v) is 28.5. The third-order valence-corrected chi connectivity index (χ3v) is 11.7. The van der Waals surface area contributed by atoms with E-state index in [1.54, 1.807) is 0 Å². The summed E-state index contributed by atoms with van der Waals surface area (Å²) in [6.07, 6.45) is 7.23. The first kappa shape index (κ1) is 29.3. The first-order valence-corrected chi connectivity index (χ1v) is 17.5. The second-order valence-corrected chi connectivity index (χ2v) is 15.9. The van der Waals surface area contributed by atoms with Gasteiger partial charge in [-0.25, -0.2) is 0 Å². The van der Waals surface area contributed by atoms with Gasteiger partial charge >= 0.3 is 0 Å². The summed E-state index contributed by atoms with van der Waals surface area (Å²) in [7, 11) is 0. The van der Waals surface area contributed by atoms with Gasteiger partial charge in [-0.15, -0.1) is 0 Å². The van der Waals surface area contributed by atoms with E-state index in [-0.39, 0.29) is 16.2 Å². The normalized spacial score (nSPS) is 18.2. The number of anilines is 3. The van der Waals surface area contributed by atoms with Crippen LogP contribution in [0.4, 0.5) is 17.1 Å². The van der Waals surface area contributed by atoms with Crippen molar-refractivity contribution in [2.45, 2.75) is 96.3 Å². The van der Waals surface area contributed by atoms with Crippen molar-refractivity contribution in [3.63, 3.8) is 0 Å². The molecule has 0 heterocycles. The largest absolute Gasteiger partial charge is 0.310 e. The Morgan fingerprint density at radius 1 is 0.500 bits per heavy atom. The van der Waals surface area contributed by atoms with E-state index in [9.17, 15) is 0 Å². The molecule has 0 bridgehead atoms. The Bertz CT molecular complexity index is 1970. The van der Waals surface area contributed by atoms with Crippen molar-refractivity contribution in [3.05, 3.63) is 137 Å². The lowest BCUT2D eigenvalue weighted by atomic mass is 9.61. The van der Waals surface area contributed by atoms with Crippen molar-refractivity contribution < 1.29 is 0 Å². The topological polar surface area (TPSA) is 3.24 Å². The molecule has 1 nitrogen and oxygen atoms in total. The molecule has 46 heavy (non-hydrogen) atoms. The van der Waals surface area contributed by atoms with Gasteiger partial charge in [-0.2, -0.15) is 0 Å². The van der Waals surface area contributed by atoms with E-state index in [2.05, 4.69) is 150 Å². The Kier molecular flexibility index (Phi) is 6.67. The summed E-state index contributed by atoms with van der Waals surface area (Å²) in [4.78, 5) is 2.61. The van der Waals surface area contributed by atoms with E-state index in [1.807, 2.05) is 0 Å². The quantitative estimate of drug-likeness (QED) is 0.198. The molecule has 0 radical (unpaired) electrons. The molecule has 0 amide bonds. The maximum atomic E-state index is 2.61. The first-order valence-electron chi connectivity index (χ1n) is 17.5. The molecule has 5 aromatic carbocycles. The number of benzene rings is 5. The lowest BCUT2D eigenvalue weighted by Gasteiger charge is -2.43. The molecule has 0 spiro atoms. The predicted molar refractivity (Wildman–Crippen MR) is 196 cm³/mol. The molecule has 0 aliphatic heterocycles. The number of rotatable bonds is 4. The van der Waals surface area contributed by atoms with Gasteiger partial charge in [0.05, 0.1) is 5.69 Å². The standard InChI is InChI=1S/C45H47N/c1-43(2)26-27-44(3,4)42-34(22-15-24-38(42)43)36-28-35-33-21-12-13-23-37(33)45(5,6)39(35)29-41(36)46(31-18-8-7-9-19-31)40-25-14-17-30-16-10-11-20-32(30)40/h7-9,12-15,17-19,21-25,28-29H,10-11,16,20,26-27H2,1-6H3. The van der Waals surface area contributed by atoms with Crippen molar-refractivity contribution in [3.8, 4) is 22.3 Å². The Balaban J connectivity index is 1.50. The molecule has 232 valence electrons. The number of nitrogens with zero attached hydrogens (tertiary/aromatic N) is 1. The van der Waals surface area contributed by atoms with Crippen LogP contribution in [0, 0.1) is 0 Å². The Morgan fingerprint density at radius 3 is 2.00 bits per heavy atom. The number of fused-ring (bicyclic) bond motifs is 5. The number of aryl methyl sites for hydroxylation is 1.